The van der Waals surface area contributed by atoms with Crippen LogP contribution in [0.4, 0.5) is 0 Å². The van der Waals surface area contributed by atoms with E-state index in [1.54, 1.807) is 0 Å². The fourth-order valence-electron chi connectivity index (χ4n) is 1.37. The summed E-state index contributed by atoms with van der Waals surface area (Å²) in [5.74, 6) is -0.348. The minimum Gasteiger partial charge on any atom is -0.389 e. The van der Waals surface area contributed by atoms with E-state index in [1.807, 2.05) is 13.8 Å². The molecule has 0 fully saturated rings. The highest BCUT2D eigenvalue weighted by Crippen LogP contribution is 2.26. The molecule has 0 aromatic carbocycles. The van der Waals surface area contributed by atoms with Gasteiger partial charge in [0.05, 0.1) is 12.0 Å². The summed E-state index contributed by atoms with van der Waals surface area (Å²) in [7, 11) is 0. The summed E-state index contributed by atoms with van der Waals surface area (Å²) in [4.78, 5) is 10.7. The first kappa shape index (κ1) is 12.4. The molecule has 0 spiro atoms. The summed E-state index contributed by atoms with van der Waals surface area (Å²) in [6, 6.07) is 0. The van der Waals surface area contributed by atoms with Crippen LogP contribution in [0, 0.1) is 5.92 Å². The summed E-state index contributed by atoms with van der Waals surface area (Å²) >= 11 is 0. The second kappa shape index (κ2) is 5.22. The van der Waals surface area contributed by atoms with Crippen LogP contribution >= 0.6 is 0 Å². The Hall–Kier alpha value is -0.570. The van der Waals surface area contributed by atoms with Gasteiger partial charge < -0.3 is 10.8 Å². The fourth-order valence-corrected chi connectivity index (χ4v) is 1.37. The summed E-state index contributed by atoms with van der Waals surface area (Å²) in [6.07, 6.45) is 2.69. The number of nitrogens with two attached hydrogens (primary N) is 1. The molecule has 1 atom stereocenters. The molecular formula is C10H21NO2. The second-order valence-electron chi connectivity index (χ2n) is 4.00. The number of primary amides is 1. The maximum absolute atomic E-state index is 10.7. The number of hydrogen-bond acceptors (Lipinski definition) is 2. The van der Waals surface area contributed by atoms with E-state index in [4.69, 9.17) is 5.73 Å². The first-order valence-electron chi connectivity index (χ1n) is 4.93. The highest BCUT2D eigenvalue weighted by Gasteiger charge is 2.31. The van der Waals surface area contributed by atoms with E-state index in [9.17, 15) is 9.90 Å². The minimum atomic E-state index is -0.901. The fraction of sp³-hybridized carbons (Fsp3) is 0.900. The molecule has 0 heterocycles. The van der Waals surface area contributed by atoms with Gasteiger partial charge in [-0.05, 0) is 12.3 Å². The lowest BCUT2D eigenvalue weighted by atomic mass is 9.82. The van der Waals surface area contributed by atoms with Gasteiger partial charge in [-0.3, -0.25) is 4.79 Å². The summed E-state index contributed by atoms with van der Waals surface area (Å²) in [5.41, 5.74) is 4.19. The van der Waals surface area contributed by atoms with E-state index in [0.717, 1.165) is 12.8 Å². The average molecular weight is 187 g/mol. The van der Waals surface area contributed by atoms with Gasteiger partial charge in [0.1, 0.15) is 0 Å². The van der Waals surface area contributed by atoms with Crippen molar-refractivity contribution in [1.29, 1.82) is 0 Å². The molecule has 3 nitrogen and oxygen atoms in total. The Morgan fingerprint density at radius 2 is 2.08 bits per heavy atom. The molecule has 0 rings (SSSR count). The smallest absolute Gasteiger partial charge is 0.220 e. The normalized spacial score (nSPS) is 15.8. The van der Waals surface area contributed by atoms with Gasteiger partial charge in [0.25, 0.3) is 0 Å². The Labute approximate surface area is 80.3 Å². The van der Waals surface area contributed by atoms with Crippen LogP contribution in [0.1, 0.15) is 46.5 Å². The first-order chi connectivity index (χ1) is 5.92. The lowest BCUT2D eigenvalue weighted by Crippen LogP contribution is -2.39. The maximum atomic E-state index is 10.7. The van der Waals surface area contributed by atoms with Gasteiger partial charge in [0.2, 0.25) is 5.91 Å². The summed E-state index contributed by atoms with van der Waals surface area (Å²) in [5, 5.41) is 10.1. The minimum absolute atomic E-state index is 0.0741. The molecule has 1 unspecified atom stereocenters. The molecule has 0 aliphatic carbocycles. The van der Waals surface area contributed by atoms with E-state index in [0.29, 0.717) is 6.42 Å². The van der Waals surface area contributed by atoms with E-state index in [1.165, 1.54) is 0 Å². The largest absolute Gasteiger partial charge is 0.389 e. The van der Waals surface area contributed by atoms with Crippen LogP contribution in [0.2, 0.25) is 0 Å². The van der Waals surface area contributed by atoms with Gasteiger partial charge in [-0.1, -0.05) is 33.6 Å². The first-order valence-corrected chi connectivity index (χ1v) is 4.93. The van der Waals surface area contributed by atoms with Crippen molar-refractivity contribution in [3.63, 3.8) is 0 Å². The molecule has 0 saturated carbocycles. The van der Waals surface area contributed by atoms with Gasteiger partial charge >= 0.3 is 0 Å². The molecule has 0 saturated heterocycles. The number of amides is 1. The zero-order chi connectivity index (χ0) is 10.5. The van der Waals surface area contributed by atoms with Crippen molar-refractivity contribution < 1.29 is 9.90 Å². The Kier molecular flexibility index (Phi) is 4.99. The molecule has 0 aliphatic rings. The molecule has 0 aliphatic heterocycles. The molecule has 0 aromatic heterocycles. The van der Waals surface area contributed by atoms with Crippen molar-refractivity contribution in [3.8, 4) is 0 Å². The van der Waals surface area contributed by atoms with E-state index in [2.05, 4.69) is 6.92 Å². The number of carbonyl (C=O) groups excluding carboxylic acids is 1. The van der Waals surface area contributed by atoms with Gasteiger partial charge in [0, 0.05) is 0 Å². The average Bonchev–Trinajstić information content (AvgIpc) is 1.99. The Bertz CT molecular complexity index is 168. The van der Waals surface area contributed by atoms with Gasteiger partial charge in [-0.2, -0.15) is 0 Å². The molecular weight excluding hydrogens is 166 g/mol. The van der Waals surface area contributed by atoms with Crippen LogP contribution in [-0.2, 0) is 4.79 Å². The quantitative estimate of drug-likeness (QED) is 0.661. The topological polar surface area (TPSA) is 63.3 Å². The molecule has 3 N–H and O–H groups in total. The summed E-state index contributed by atoms with van der Waals surface area (Å²) in [6.45, 7) is 5.89. The van der Waals surface area contributed by atoms with E-state index in [-0.39, 0.29) is 12.3 Å². The lowest BCUT2D eigenvalue weighted by molar-refractivity contribution is -0.125. The molecule has 0 aromatic rings. The third-order valence-electron chi connectivity index (χ3n) is 2.52. The number of aliphatic hydroxyl groups is 1. The van der Waals surface area contributed by atoms with E-state index >= 15 is 0 Å². The van der Waals surface area contributed by atoms with Gasteiger partial charge in [-0.15, -0.1) is 0 Å². The van der Waals surface area contributed by atoms with Crippen LogP contribution in [0.5, 0.6) is 0 Å². The monoisotopic (exact) mass is 187 g/mol. The Morgan fingerprint density at radius 3 is 2.38 bits per heavy atom. The highest BCUT2D eigenvalue weighted by molar-refractivity contribution is 5.74. The van der Waals surface area contributed by atoms with Gasteiger partial charge in [0.15, 0.2) is 0 Å². The standard InChI is InChI=1S/C10H21NO2/c1-4-5-6-10(13,8(2)3)7-9(11)12/h8,13H,4-7H2,1-3H3,(H2,11,12). The molecule has 3 heteroatoms. The molecule has 78 valence electrons. The number of rotatable bonds is 6. The molecule has 13 heavy (non-hydrogen) atoms. The van der Waals surface area contributed by atoms with Crippen molar-refractivity contribution in [1.82, 2.24) is 0 Å². The Balaban J connectivity index is 4.24. The molecule has 0 radical (unpaired) electrons. The van der Waals surface area contributed by atoms with Crippen molar-refractivity contribution >= 4 is 5.91 Å². The third kappa shape index (κ3) is 4.27. The van der Waals surface area contributed by atoms with Crippen LogP contribution in [0.15, 0.2) is 0 Å². The van der Waals surface area contributed by atoms with Crippen molar-refractivity contribution in [2.45, 2.75) is 52.1 Å². The van der Waals surface area contributed by atoms with Crippen LogP contribution in [-0.4, -0.2) is 16.6 Å². The SMILES string of the molecule is CCCCC(O)(CC(N)=O)C(C)C. The molecule has 1 amide bonds. The lowest BCUT2D eigenvalue weighted by Gasteiger charge is -2.31. The summed E-state index contributed by atoms with van der Waals surface area (Å²) < 4.78 is 0. The van der Waals surface area contributed by atoms with Crippen molar-refractivity contribution in [2.75, 3.05) is 0 Å². The second-order valence-corrected chi connectivity index (χ2v) is 4.00. The van der Waals surface area contributed by atoms with Crippen molar-refractivity contribution in [3.05, 3.63) is 0 Å². The zero-order valence-corrected chi connectivity index (χ0v) is 8.84. The predicted molar refractivity (Wildman–Crippen MR) is 53.1 cm³/mol. The van der Waals surface area contributed by atoms with Crippen LogP contribution < -0.4 is 5.73 Å². The van der Waals surface area contributed by atoms with Crippen molar-refractivity contribution in [2.24, 2.45) is 11.7 Å². The Morgan fingerprint density at radius 1 is 1.54 bits per heavy atom. The zero-order valence-electron chi connectivity index (χ0n) is 8.84. The van der Waals surface area contributed by atoms with Crippen LogP contribution in [0.3, 0.4) is 0 Å². The highest BCUT2D eigenvalue weighted by atomic mass is 16.3. The maximum Gasteiger partial charge on any atom is 0.220 e. The third-order valence-corrected chi connectivity index (χ3v) is 2.52. The number of unbranched alkanes of at least 4 members (excludes halogenated alkanes) is 1. The predicted octanol–water partition coefficient (Wildman–Crippen LogP) is 1.44. The van der Waals surface area contributed by atoms with E-state index < -0.39 is 11.5 Å². The number of hydrogen-bond donors (Lipinski definition) is 2. The van der Waals surface area contributed by atoms with Crippen LogP contribution in [0.25, 0.3) is 0 Å². The number of carbonyl (C=O) groups is 1. The molecule has 0 bridgehead atoms. The van der Waals surface area contributed by atoms with Gasteiger partial charge in [-0.25, -0.2) is 0 Å².